The van der Waals surface area contributed by atoms with E-state index in [0.717, 1.165) is 24.3 Å². The third-order valence-corrected chi connectivity index (χ3v) is 7.47. The normalized spacial score (nSPS) is 39.1. The van der Waals surface area contributed by atoms with Crippen LogP contribution in [0.25, 0.3) is 0 Å². The van der Waals surface area contributed by atoms with Crippen LogP contribution in [0.3, 0.4) is 0 Å². The molecule has 5 aliphatic rings. The van der Waals surface area contributed by atoms with Gasteiger partial charge >= 0.3 is 12.1 Å². The van der Waals surface area contributed by atoms with Crippen molar-refractivity contribution in [2.24, 2.45) is 5.92 Å². The van der Waals surface area contributed by atoms with Gasteiger partial charge in [-0.05, 0) is 65.2 Å². The van der Waals surface area contributed by atoms with Crippen LogP contribution in [0.1, 0.15) is 59.3 Å². The number of rotatable bonds is 3. The molecule has 5 fully saturated rings. The van der Waals surface area contributed by atoms with E-state index in [0.29, 0.717) is 31.7 Å². The maximum absolute atomic E-state index is 12.6. The molecule has 0 radical (unpaired) electrons. The van der Waals surface area contributed by atoms with Crippen LogP contribution in [0, 0.1) is 5.92 Å². The summed E-state index contributed by atoms with van der Waals surface area (Å²) in [5.74, 6) is 0.00607. The zero-order valence-electron chi connectivity index (χ0n) is 17.7. The SMILES string of the molecule is CC(C)(C)OC(=O)N1C2CC(ONC(=O)[C@@H]3CCC4CN3C(=O)N4O)CC3CCC321. The number of likely N-dealkylation sites (tertiary alicyclic amines) is 1. The van der Waals surface area contributed by atoms with Gasteiger partial charge < -0.3 is 9.64 Å². The van der Waals surface area contributed by atoms with E-state index >= 15 is 0 Å². The van der Waals surface area contributed by atoms with Crippen molar-refractivity contribution in [1.29, 1.82) is 0 Å². The molecule has 1 spiro atoms. The molecular weight excluding hydrogens is 392 g/mol. The van der Waals surface area contributed by atoms with Crippen molar-refractivity contribution in [2.75, 3.05) is 6.54 Å². The van der Waals surface area contributed by atoms with Gasteiger partial charge in [0.1, 0.15) is 11.6 Å². The lowest BCUT2D eigenvalue weighted by Gasteiger charge is -2.42. The molecule has 3 saturated heterocycles. The highest BCUT2D eigenvalue weighted by Crippen LogP contribution is 2.65. The van der Waals surface area contributed by atoms with Crippen LogP contribution in [0.4, 0.5) is 9.59 Å². The average molecular weight is 422 g/mol. The third kappa shape index (κ3) is 2.87. The summed E-state index contributed by atoms with van der Waals surface area (Å²) in [7, 11) is 0. The molecule has 0 aromatic heterocycles. The Morgan fingerprint density at radius 3 is 2.63 bits per heavy atom. The molecule has 3 aliphatic heterocycles. The van der Waals surface area contributed by atoms with Crippen LogP contribution in [0.2, 0.25) is 0 Å². The molecule has 0 aromatic rings. The highest BCUT2D eigenvalue weighted by Gasteiger charge is 2.75. The van der Waals surface area contributed by atoms with Crippen molar-refractivity contribution in [3.05, 3.63) is 0 Å². The lowest BCUT2D eigenvalue weighted by atomic mass is 9.64. The smallest absolute Gasteiger partial charge is 0.411 e. The molecule has 2 N–H and O–H groups in total. The van der Waals surface area contributed by atoms with Crippen molar-refractivity contribution in [3.63, 3.8) is 0 Å². The number of hydroxylamine groups is 3. The largest absolute Gasteiger partial charge is 0.444 e. The molecule has 5 unspecified atom stereocenters. The first-order valence-corrected chi connectivity index (χ1v) is 10.9. The van der Waals surface area contributed by atoms with E-state index in [2.05, 4.69) is 5.48 Å². The van der Waals surface area contributed by atoms with Gasteiger partial charge in [-0.3, -0.25) is 19.7 Å². The first-order valence-electron chi connectivity index (χ1n) is 10.9. The van der Waals surface area contributed by atoms with Crippen LogP contribution >= 0.6 is 0 Å². The molecule has 4 amide bonds. The molecular formula is C20H30N4O6. The van der Waals surface area contributed by atoms with Gasteiger partial charge in [-0.15, -0.1) is 0 Å². The number of piperidine rings is 1. The Morgan fingerprint density at radius 2 is 1.97 bits per heavy atom. The predicted molar refractivity (Wildman–Crippen MR) is 102 cm³/mol. The van der Waals surface area contributed by atoms with Gasteiger partial charge in [0.05, 0.1) is 23.7 Å². The summed E-state index contributed by atoms with van der Waals surface area (Å²) in [6, 6.07) is -1.29. The second-order valence-corrected chi connectivity index (χ2v) is 10.3. The van der Waals surface area contributed by atoms with E-state index in [1.165, 1.54) is 4.90 Å². The number of ether oxygens (including phenoxy) is 1. The molecule has 0 aromatic carbocycles. The Hall–Kier alpha value is -2.07. The number of hydrogen-bond acceptors (Lipinski definition) is 6. The minimum Gasteiger partial charge on any atom is -0.444 e. The predicted octanol–water partition coefficient (Wildman–Crippen LogP) is 1.62. The van der Waals surface area contributed by atoms with Crippen molar-refractivity contribution in [1.82, 2.24) is 20.3 Å². The number of nitrogens with zero attached hydrogens (tertiary/aromatic N) is 3. The second kappa shape index (κ2) is 6.46. The third-order valence-electron chi connectivity index (χ3n) is 7.47. The fourth-order valence-corrected chi connectivity index (χ4v) is 5.94. The van der Waals surface area contributed by atoms with Crippen LogP contribution < -0.4 is 5.48 Å². The Bertz CT molecular complexity index is 784. The van der Waals surface area contributed by atoms with Crippen molar-refractivity contribution < 1.29 is 29.2 Å². The van der Waals surface area contributed by atoms with Crippen LogP contribution in [-0.2, 0) is 14.4 Å². The van der Waals surface area contributed by atoms with E-state index in [9.17, 15) is 19.6 Å². The fraction of sp³-hybridized carbons (Fsp3) is 0.850. The summed E-state index contributed by atoms with van der Waals surface area (Å²) in [6.45, 7) is 5.95. The van der Waals surface area contributed by atoms with Crippen molar-refractivity contribution in [3.8, 4) is 0 Å². The van der Waals surface area contributed by atoms with Gasteiger partial charge in [-0.2, -0.15) is 0 Å². The minimum atomic E-state index is -0.628. The van der Waals surface area contributed by atoms with Gasteiger partial charge in [-0.1, -0.05) is 0 Å². The summed E-state index contributed by atoms with van der Waals surface area (Å²) < 4.78 is 5.58. The van der Waals surface area contributed by atoms with Gasteiger partial charge in [0, 0.05) is 6.54 Å². The number of fused-ring (bicyclic) bond motifs is 2. The van der Waals surface area contributed by atoms with Gasteiger partial charge in [0.2, 0.25) is 0 Å². The number of urea groups is 1. The highest BCUT2D eigenvalue weighted by molar-refractivity contribution is 5.87. The highest BCUT2D eigenvalue weighted by atomic mass is 16.7. The second-order valence-electron chi connectivity index (χ2n) is 10.3. The van der Waals surface area contributed by atoms with E-state index in [1.54, 1.807) is 0 Å². The maximum Gasteiger partial charge on any atom is 0.411 e. The Balaban J connectivity index is 1.17. The van der Waals surface area contributed by atoms with Crippen molar-refractivity contribution in [2.45, 2.75) is 94.7 Å². The molecule has 2 aliphatic carbocycles. The lowest BCUT2D eigenvalue weighted by Crippen LogP contribution is -2.51. The number of carbonyl (C=O) groups is 3. The van der Waals surface area contributed by atoms with Crippen molar-refractivity contribution >= 4 is 18.0 Å². The van der Waals surface area contributed by atoms with E-state index in [4.69, 9.17) is 9.57 Å². The Morgan fingerprint density at radius 1 is 1.20 bits per heavy atom. The summed E-state index contributed by atoms with van der Waals surface area (Å²) in [6.07, 6.45) is 4.13. The molecule has 10 heteroatoms. The van der Waals surface area contributed by atoms with E-state index in [-0.39, 0.29) is 35.7 Å². The maximum atomic E-state index is 12.6. The molecule has 2 bridgehead atoms. The molecule has 10 nitrogen and oxygen atoms in total. The molecule has 5 rings (SSSR count). The molecule has 3 heterocycles. The van der Waals surface area contributed by atoms with Gasteiger partial charge in [-0.25, -0.2) is 20.1 Å². The average Bonchev–Trinajstić information content (AvgIpc) is 3.32. The monoisotopic (exact) mass is 422 g/mol. The molecule has 166 valence electrons. The molecule has 6 atom stereocenters. The zero-order chi connectivity index (χ0) is 21.4. The van der Waals surface area contributed by atoms with Crippen LogP contribution in [-0.4, -0.2) is 80.0 Å². The number of amides is 4. The Kier molecular flexibility index (Phi) is 4.28. The lowest BCUT2D eigenvalue weighted by molar-refractivity contribution is -0.147. The number of carbonyl (C=O) groups excluding carboxylic acids is 3. The summed E-state index contributed by atoms with van der Waals surface area (Å²) in [5.41, 5.74) is 1.95. The summed E-state index contributed by atoms with van der Waals surface area (Å²) >= 11 is 0. The number of nitrogens with one attached hydrogen (secondary N) is 1. The standard InChI is InChI=1S/C20H30N4O6/c1-19(2,3)29-18(27)23-15-9-13(8-11-6-7-20(11,15)23)30-21-16(25)14-5-4-12-10-22(14)17(26)24(12)28/h11-15,28H,4-10H2,1-3H3,(H,21,25)/t11?,12?,13?,14-,15?,20?,23?/m0/s1. The van der Waals surface area contributed by atoms with Gasteiger partial charge in [0.25, 0.3) is 5.91 Å². The molecule has 30 heavy (non-hydrogen) atoms. The minimum absolute atomic E-state index is 0.0723. The molecule has 2 saturated carbocycles. The zero-order valence-corrected chi connectivity index (χ0v) is 17.7. The topological polar surface area (TPSA) is 111 Å². The van der Waals surface area contributed by atoms with Crippen LogP contribution in [0.5, 0.6) is 0 Å². The first kappa shape index (κ1) is 19.9. The first-order chi connectivity index (χ1) is 14.1. The quantitative estimate of drug-likeness (QED) is 0.406. The fourth-order valence-electron chi connectivity index (χ4n) is 5.94. The summed E-state index contributed by atoms with van der Waals surface area (Å²) in [4.78, 5) is 46.4. The van der Waals surface area contributed by atoms with E-state index in [1.807, 2.05) is 25.7 Å². The summed E-state index contributed by atoms with van der Waals surface area (Å²) in [5, 5.41) is 10.5. The van der Waals surface area contributed by atoms with E-state index < -0.39 is 17.7 Å². The van der Waals surface area contributed by atoms with Crippen LogP contribution in [0.15, 0.2) is 0 Å². The Labute approximate surface area is 175 Å². The number of hydrogen-bond donors (Lipinski definition) is 2. The van der Waals surface area contributed by atoms with Gasteiger partial charge in [0.15, 0.2) is 0 Å².